The third-order valence-electron chi connectivity index (χ3n) is 4.41. The van der Waals surface area contributed by atoms with Crippen molar-refractivity contribution in [1.82, 2.24) is 9.55 Å². The molecule has 0 atom stereocenters. The highest BCUT2D eigenvalue weighted by Crippen LogP contribution is 2.21. The molecule has 27 heavy (non-hydrogen) atoms. The fraction of sp³-hybridized carbons (Fsp3) is 0.190. The molecule has 4 nitrogen and oxygen atoms in total. The van der Waals surface area contributed by atoms with Gasteiger partial charge in [0.25, 0.3) is 5.56 Å². The van der Waals surface area contributed by atoms with E-state index in [4.69, 9.17) is 0 Å². The van der Waals surface area contributed by atoms with Crippen LogP contribution < -0.4 is 5.56 Å². The fourth-order valence-electron chi connectivity index (χ4n) is 2.59. The first-order valence-electron chi connectivity index (χ1n) is 8.43. The zero-order valence-corrected chi connectivity index (χ0v) is 16.1. The van der Waals surface area contributed by atoms with E-state index >= 15 is 0 Å². The maximum absolute atomic E-state index is 13.0. The molecule has 138 valence electrons. The molecule has 0 bridgehead atoms. The SMILES string of the molecule is Cc1nc(SCc2ccc(C(=O)c3ccc(F)cc3)cc2)n(C)c(=O)c1C. The summed E-state index contributed by atoms with van der Waals surface area (Å²) >= 11 is 1.47. The van der Waals surface area contributed by atoms with E-state index in [1.807, 2.05) is 19.1 Å². The Morgan fingerprint density at radius 2 is 1.59 bits per heavy atom. The number of carbonyl (C=O) groups is 1. The highest BCUT2D eigenvalue weighted by Gasteiger charge is 2.11. The number of hydrogen-bond donors (Lipinski definition) is 0. The number of thioether (sulfide) groups is 1. The Morgan fingerprint density at radius 1 is 1.04 bits per heavy atom. The molecule has 0 radical (unpaired) electrons. The van der Waals surface area contributed by atoms with Crippen LogP contribution >= 0.6 is 11.8 Å². The Balaban J connectivity index is 1.72. The van der Waals surface area contributed by atoms with Gasteiger partial charge in [-0.2, -0.15) is 0 Å². The van der Waals surface area contributed by atoms with Crippen LogP contribution in [0.2, 0.25) is 0 Å². The Labute approximate surface area is 161 Å². The van der Waals surface area contributed by atoms with Gasteiger partial charge in [0.1, 0.15) is 5.82 Å². The van der Waals surface area contributed by atoms with Crippen molar-refractivity contribution in [3.63, 3.8) is 0 Å². The average molecular weight is 382 g/mol. The average Bonchev–Trinajstić information content (AvgIpc) is 2.68. The van der Waals surface area contributed by atoms with Crippen LogP contribution in [-0.4, -0.2) is 15.3 Å². The molecule has 0 aliphatic carbocycles. The Bertz CT molecular complexity index is 1040. The van der Waals surface area contributed by atoms with Gasteiger partial charge in [0.2, 0.25) is 0 Å². The van der Waals surface area contributed by atoms with Gasteiger partial charge in [-0.1, -0.05) is 36.0 Å². The lowest BCUT2D eigenvalue weighted by Gasteiger charge is -2.10. The second-order valence-corrected chi connectivity index (χ2v) is 7.23. The summed E-state index contributed by atoms with van der Waals surface area (Å²) < 4.78 is 14.5. The second-order valence-electron chi connectivity index (χ2n) is 6.29. The molecule has 6 heteroatoms. The third-order valence-corrected chi connectivity index (χ3v) is 5.51. The van der Waals surface area contributed by atoms with E-state index in [9.17, 15) is 14.0 Å². The molecule has 1 heterocycles. The van der Waals surface area contributed by atoms with Crippen LogP contribution in [0.3, 0.4) is 0 Å². The van der Waals surface area contributed by atoms with Crippen LogP contribution in [0.25, 0.3) is 0 Å². The maximum atomic E-state index is 13.0. The van der Waals surface area contributed by atoms with Crippen molar-refractivity contribution in [2.45, 2.75) is 24.8 Å². The molecule has 0 N–H and O–H groups in total. The highest BCUT2D eigenvalue weighted by molar-refractivity contribution is 7.98. The van der Waals surface area contributed by atoms with Gasteiger partial charge < -0.3 is 0 Å². The van der Waals surface area contributed by atoms with Crippen LogP contribution in [0.1, 0.15) is 32.7 Å². The largest absolute Gasteiger partial charge is 0.291 e. The van der Waals surface area contributed by atoms with Crippen LogP contribution in [0.15, 0.2) is 58.5 Å². The van der Waals surface area contributed by atoms with Gasteiger partial charge in [-0.3, -0.25) is 14.2 Å². The lowest BCUT2D eigenvalue weighted by molar-refractivity contribution is 0.103. The van der Waals surface area contributed by atoms with Gasteiger partial charge in [-0.05, 0) is 43.7 Å². The molecule has 0 saturated carbocycles. The topological polar surface area (TPSA) is 52.0 Å². The smallest absolute Gasteiger partial charge is 0.257 e. The summed E-state index contributed by atoms with van der Waals surface area (Å²) in [5, 5.41) is 0.662. The van der Waals surface area contributed by atoms with Crippen molar-refractivity contribution in [2.75, 3.05) is 0 Å². The Kier molecular flexibility index (Phi) is 5.56. The number of carbonyl (C=O) groups excluding carboxylic acids is 1. The Hall–Kier alpha value is -2.73. The lowest BCUT2D eigenvalue weighted by atomic mass is 10.0. The van der Waals surface area contributed by atoms with Gasteiger partial charge in [-0.15, -0.1) is 0 Å². The zero-order valence-electron chi connectivity index (χ0n) is 15.3. The van der Waals surface area contributed by atoms with E-state index in [0.717, 1.165) is 11.3 Å². The minimum absolute atomic E-state index is 0.0368. The zero-order chi connectivity index (χ0) is 19.6. The van der Waals surface area contributed by atoms with Crippen LogP contribution in [0, 0.1) is 19.7 Å². The summed E-state index contributed by atoms with van der Waals surface area (Å²) in [5.41, 5.74) is 3.37. The number of rotatable bonds is 5. The van der Waals surface area contributed by atoms with E-state index < -0.39 is 0 Å². The van der Waals surface area contributed by atoms with Gasteiger partial charge in [0, 0.05) is 35.2 Å². The number of ketones is 1. The van der Waals surface area contributed by atoms with Crippen molar-refractivity contribution in [3.8, 4) is 0 Å². The van der Waals surface area contributed by atoms with Crippen molar-refractivity contribution in [1.29, 1.82) is 0 Å². The van der Waals surface area contributed by atoms with Gasteiger partial charge >= 0.3 is 0 Å². The van der Waals surface area contributed by atoms with Gasteiger partial charge in [-0.25, -0.2) is 9.37 Å². The Morgan fingerprint density at radius 3 is 2.19 bits per heavy atom. The minimum Gasteiger partial charge on any atom is -0.291 e. The molecule has 0 spiro atoms. The van der Waals surface area contributed by atoms with Crippen molar-refractivity contribution < 1.29 is 9.18 Å². The molecule has 0 aliphatic rings. The monoisotopic (exact) mass is 382 g/mol. The first kappa shape index (κ1) is 19.0. The van der Waals surface area contributed by atoms with E-state index in [-0.39, 0.29) is 17.2 Å². The molecule has 1 aromatic heterocycles. The van der Waals surface area contributed by atoms with Crippen molar-refractivity contribution in [3.05, 3.63) is 92.6 Å². The molecule has 3 rings (SSSR count). The molecule has 0 unspecified atom stereocenters. The van der Waals surface area contributed by atoms with E-state index in [2.05, 4.69) is 4.98 Å². The van der Waals surface area contributed by atoms with Crippen LogP contribution in [-0.2, 0) is 12.8 Å². The number of aromatic nitrogens is 2. The standard InChI is InChI=1S/C21H19FN2O2S/c1-13-14(2)23-21(24(3)20(13)26)27-12-15-4-6-16(7-5-15)19(25)17-8-10-18(22)11-9-17/h4-11H,12H2,1-3H3. The summed E-state index contributed by atoms with van der Waals surface area (Å²) in [4.78, 5) is 29.1. The van der Waals surface area contributed by atoms with Crippen LogP contribution in [0.4, 0.5) is 4.39 Å². The van der Waals surface area contributed by atoms with Crippen molar-refractivity contribution >= 4 is 17.5 Å². The van der Waals surface area contributed by atoms with Crippen LogP contribution in [0.5, 0.6) is 0 Å². The van der Waals surface area contributed by atoms with Gasteiger partial charge in [0.05, 0.1) is 0 Å². The number of nitrogens with zero attached hydrogens (tertiary/aromatic N) is 2. The predicted molar refractivity (Wildman–Crippen MR) is 105 cm³/mol. The molecular formula is C21H19FN2O2S. The predicted octanol–water partition coefficient (Wildman–Crippen LogP) is 4.06. The third kappa shape index (κ3) is 4.17. The van der Waals surface area contributed by atoms with E-state index in [1.54, 1.807) is 30.7 Å². The second kappa shape index (κ2) is 7.88. The number of hydrogen-bond acceptors (Lipinski definition) is 4. The molecule has 0 fully saturated rings. The normalized spacial score (nSPS) is 10.8. The van der Waals surface area contributed by atoms with E-state index in [1.165, 1.54) is 36.0 Å². The lowest BCUT2D eigenvalue weighted by Crippen LogP contribution is -2.23. The highest BCUT2D eigenvalue weighted by atomic mass is 32.2. The molecule has 3 aromatic rings. The number of aryl methyl sites for hydroxylation is 1. The van der Waals surface area contributed by atoms with Gasteiger partial charge in [0.15, 0.2) is 10.9 Å². The van der Waals surface area contributed by atoms with Crippen molar-refractivity contribution in [2.24, 2.45) is 7.05 Å². The first-order chi connectivity index (χ1) is 12.9. The number of benzene rings is 2. The molecule has 2 aromatic carbocycles. The summed E-state index contributed by atoms with van der Waals surface area (Å²) in [6.07, 6.45) is 0. The molecular weight excluding hydrogens is 363 g/mol. The summed E-state index contributed by atoms with van der Waals surface area (Å²) in [6.45, 7) is 3.60. The summed E-state index contributed by atoms with van der Waals surface area (Å²) in [7, 11) is 1.72. The molecule has 0 saturated heterocycles. The summed E-state index contributed by atoms with van der Waals surface area (Å²) in [6, 6.07) is 12.8. The quantitative estimate of drug-likeness (QED) is 0.379. The fourth-order valence-corrected chi connectivity index (χ4v) is 3.56. The maximum Gasteiger partial charge on any atom is 0.257 e. The molecule has 0 amide bonds. The first-order valence-corrected chi connectivity index (χ1v) is 9.41. The summed E-state index contributed by atoms with van der Waals surface area (Å²) in [5.74, 6) is 0.119. The number of halogens is 1. The minimum atomic E-state index is -0.367. The molecule has 0 aliphatic heterocycles. The van der Waals surface area contributed by atoms with E-state index in [0.29, 0.717) is 27.6 Å².